The van der Waals surface area contributed by atoms with E-state index in [0.29, 0.717) is 11.8 Å². The average molecular weight is 695 g/mol. The number of nitrogens with zero attached hydrogens (tertiary/aromatic N) is 1. The van der Waals surface area contributed by atoms with Crippen LogP contribution in [0.1, 0.15) is 58.6 Å². The van der Waals surface area contributed by atoms with Crippen molar-refractivity contribution in [3.8, 4) is 11.3 Å². The van der Waals surface area contributed by atoms with Gasteiger partial charge in [-0.15, -0.1) is 29.1 Å². The zero-order valence-electron chi connectivity index (χ0n) is 23.5. The Morgan fingerprint density at radius 1 is 0.923 bits per heavy atom. The number of benzene rings is 4. The molecule has 0 saturated heterocycles. The monoisotopic (exact) mass is 695 g/mol. The fourth-order valence-corrected chi connectivity index (χ4v) is 4.94. The second-order valence-electron chi connectivity index (χ2n) is 10.7. The van der Waals surface area contributed by atoms with Crippen LogP contribution >= 0.6 is 0 Å². The minimum atomic E-state index is -0.125. The van der Waals surface area contributed by atoms with E-state index in [1.54, 1.807) is 0 Å². The predicted octanol–water partition coefficient (Wildman–Crippen LogP) is 9.36. The molecule has 0 saturated carbocycles. The van der Waals surface area contributed by atoms with E-state index >= 15 is 0 Å². The Kier molecular flexibility index (Phi) is 10.2. The maximum atomic E-state index is 10.0. The number of hydrogen-bond acceptors (Lipinski definition) is 3. The third-order valence-corrected chi connectivity index (χ3v) is 6.59. The Bertz CT molecular complexity index is 1650. The van der Waals surface area contributed by atoms with Crippen molar-refractivity contribution in [2.24, 2.45) is 5.92 Å². The number of fused-ring (bicyclic) bond motifs is 4. The zero-order valence-corrected chi connectivity index (χ0v) is 25.9. The van der Waals surface area contributed by atoms with Crippen LogP contribution in [0.5, 0.6) is 0 Å². The first-order chi connectivity index (χ1) is 18.1. The van der Waals surface area contributed by atoms with Gasteiger partial charge in [0.05, 0.1) is 5.76 Å². The van der Waals surface area contributed by atoms with E-state index in [2.05, 4.69) is 100 Å². The molecule has 39 heavy (non-hydrogen) atoms. The van der Waals surface area contributed by atoms with Crippen molar-refractivity contribution in [2.75, 3.05) is 0 Å². The van der Waals surface area contributed by atoms with Crippen LogP contribution < -0.4 is 0 Å². The van der Waals surface area contributed by atoms with Crippen molar-refractivity contribution in [1.29, 1.82) is 0 Å². The quantitative estimate of drug-likeness (QED) is 0.0864. The number of rotatable bonds is 5. The molecule has 1 heterocycles. The van der Waals surface area contributed by atoms with Crippen molar-refractivity contribution in [2.45, 2.75) is 53.9 Å². The number of pyridine rings is 1. The fourth-order valence-electron chi connectivity index (χ4n) is 4.94. The molecule has 0 aliphatic carbocycles. The number of carbonyl (C=O) groups excluding carboxylic acids is 1. The van der Waals surface area contributed by atoms with Crippen LogP contribution in [-0.4, -0.2) is 15.9 Å². The first kappa shape index (κ1) is 30.2. The molecule has 203 valence electrons. The summed E-state index contributed by atoms with van der Waals surface area (Å²) in [5.41, 5.74) is 4.85. The summed E-state index contributed by atoms with van der Waals surface area (Å²) < 4.78 is 0. The van der Waals surface area contributed by atoms with Gasteiger partial charge in [0.2, 0.25) is 0 Å². The first-order valence-electron chi connectivity index (χ1n) is 13.3. The summed E-state index contributed by atoms with van der Waals surface area (Å²) in [6.45, 7) is 11.9. The average Bonchev–Trinajstić information content (AvgIpc) is 2.86. The van der Waals surface area contributed by atoms with E-state index in [1.807, 2.05) is 6.20 Å². The molecule has 4 heteroatoms. The van der Waals surface area contributed by atoms with Crippen molar-refractivity contribution in [3.63, 3.8) is 0 Å². The summed E-state index contributed by atoms with van der Waals surface area (Å²) >= 11 is 0. The number of allylic oxidation sites excluding steroid dienone is 2. The van der Waals surface area contributed by atoms with Gasteiger partial charge >= 0.3 is 0 Å². The van der Waals surface area contributed by atoms with Gasteiger partial charge in [-0.25, -0.2) is 0 Å². The van der Waals surface area contributed by atoms with Crippen molar-refractivity contribution in [3.05, 3.63) is 102 Å². The molecule has 0 spiro atoms. The van der Waals surface area contributed by atoms with Crippen LogP contribution in [0.4, 0.5) is 0 Å². The summed E-state index contributed by atoms with van der Waals surface area (Å²) in [5, 5.41) is 15.9. The molecule has 0 aliphatic heterocycles. The molecule has 0 atom stereocenters. The molecule has 1 N–H and O–H groups in total. The molecule has 5 rings (SSSR count). The van der Waals surface area contributed by atoms with E-state index in [4.69, 9.17) is 10.1 Å². The summed E-state index contributed by atoms with van der Waals surface area (Å²) in [5.74, 6) is 1.03. The van der Waals surface area contributed by atoms with Gasteiger partial charge in [0.15, 0.2) is 5.78 Å². The molecule has 1 aromatic heterocycles. The van der Waals surface area contributed by atoms with Crippen LogP contribution in [0.2, 0.25) is 0 Å². The van der Waals surface area contributed by atoms with Crippen LogP contribution in [0.3, 0.4) is 0 Å². The number of aliphatic hydroxyl groups is 1. The van der Waals surface area contributed by atoms with Gasteiger partial charge in [0.25, 0.3) is 0 Å². The molecule has 0 bridgehead atoms. The molecule has 0 amide bonds. The van der Waals surface area contributed by atoms with Gasteiger partial charge in [-0.1, -0.05) is 87.2 Å². The molecule has 0 aliphatic rings. The Balaban J connectivity index is 0.000000468. The molecule has 0 unspecified atom stereocenters. The first-order valence-corrected chi connectivity index (χ1v) is 13.3. The van der Waals surface area contributed by atoms with Crippen LogP contribution in [0, 0.1) is 12.0 Å². The normalized spacial score (nSPS) is 11.5. The number of aliphatic hydroxyl groups excluding tert-OH is 1. The van der Waals surface area contributed by atoms with Gasteiger partial charge in [0.1, 0.15) is 0 Å². The van der Waals surface area contributed by atoms with Crippen molar-refractivity contribution >= 4 is 38.1 Å². The maximum Gasteiger partial charge on any atom is 0.155 e. The van der Waals surface area contributed by atoms with Crippen molar-refractivity contribution in [1.82, 2.24) is 4.98 Å². The minimum Gasteiger partial charge on any atom is -0.512 e. The Morgan fingerprint density at radius 3 is 2.31 bits per heavy atom. The van der Waals surface area contributed by atoms with Gasteiger partial charge in [-0.2, -0.15) is 0 Å². The standard InChI is InChI=1S/C30H28N.C5H8O2.Ir/c1-19(2)15-25-18-26(17-24-10-9-21-7-5-6-8-27(21)29(24)25)30-28-12-11-22(20(3)4)16-23(28)13-14-31-30;1-4(6)3-5(2)7;/h5-14,16,18-20H,15H2,1-4H3;3,6H,1-2H3;/q-1;;/b;4-3-;. The topological polar surface area (TPSA) is 50.2 Å². The second kappa shape index (κ2) is 13.2. The summed E-state index contributed by atoms with van der Waals surface area (Å²) in [6.07, 6.45) is 4.14. The van der Waals surface area contributed by atoms with Crippen LogP contribution in [0.15, 0.2) is 84.8 Å². The van der Waals surface area contributed by atoms with E-state index in [1.165, 1.54) is 63.4 Å². The number of aromatic nitrogens is 1. The van der Waals surface area contributed by atoms with Gasteiger partial charge in [-0.3, -0.25) is 9.78 Å². The number of carbonyl (C=O) groups is 1. The van der Waals surface area contributed by atoms with Gasteiger partial charge < -0.3 is 5.11 Å². The molecule has 1 radical (unpaired) electrons. The Hall–Kier alpha value is -3.33. The predicted molar refractivity (Wildman–Crippen MR) is 161 cm³/mol. The van der Waals surface area contributed by atoms with Crippen LogP contribution in [0.25, 0.3) is 43.6 Å². The molecule has 3 nitrogen and oxygen atoms in total. The zero-order chi connectivity index (χ0) is 27.4. The summed E-state index contributed by atoms with van der Waals surface area (Å²) in [7, 11) is 0. The van der Waals surface area contributed by atoms with E-state index < -0.39 is 0 Å². The SMILES string of the molecule is CC(=O)/C=C(/C)O.CC(C)Cc1cc(-c2nccc3cc(C(C)C)ccc23)[c-]c2ccc3ccccc3c12.[Ir]. The summed E-state index contributed by atoms with van der Waals surface area (Å²) in [4.78, 5) is 14.8. The molecular weight excluding hydrogens is 659 g/mol. The molecular formula is C35H36IrNO2-. The smallest absolute Gasteiger partial charge is 0.155 e. The van der Waals surface area contributed by atoms with E-state index in [9.17, 15) is 4.79 Å². The maximum absolute atomic E-state index is 10.0. The number of hydrogen-bond donors (Lipinski definition) is 1. The minimum absolute atomic E-state index is 0. The third kappa shape index (κ3) is 7.20. The van der Waals surface area contributed by atoms with Crippen molar-refractivity contribution < 1.29 is 30.0 Å². The third-order valence-electron chi connectivity index (χ3n) is 6.59. The van der Waals surface area contributed by atoms with Crippen LogP contribution in [-0.2, 0) is 31.3 Å². The Morgan fingerprint density at radius 2 is 1.67 bits per heavy atom. The summed E-state index contributed by atoms with van der Waals surface area (Å²) in [6, 6.07) is 28.0. The number of ketones is 1. The molecule has 5 aromatic rings. The Labute approximate surface area is 245 Å². The largest absolute Gasteiger partial charge is 0.512 e. The fraction of sp³-hybridized carbons (Fsp3) is 0.257. The van der Waals surface area contributed by atoms with E-state index in [0.717, 1.165) is 17.7 Å². The van der Waals surface area contributed by atoms with Gasteiger partial charge in [-0.05, 0) is 65.3 Å². The molecule has 4 aromatic carbocycles. The molecule has 0 fully saturated rings. The van der Waals surface area contributed by atoms with Gasteiger partial charge in [0, 0.05) is 38.1 Å². The van der Waals surface area contributed by atoms with E-state index in [-0.39, 0.29) is 31.6 Å². The second-order valence-corrected chi connectivity index (χ2v) is 10.7.